The van der Waals surface area contributed by atoms with Crippen molar-refractivity contribution in [1.29, 1.82) is 0 Å². The summed E-state index contributed by atoms with van der Waals surface area (Å²) in [6.07, 6.45) is 0.387. The van der Waals surface area contributed by atoms with E-state index in [1.54, 1.807) is 19.9 Å². The zero-order valence-corrected chi connectivity index (χ0v) is 11.1. The van der Waals surface area contributed by atoms with Crippen molar-refractivity contribution in [2.75, 3.05) is 0 Å². The van der Waals surface area contributed by atoms with Gasteiger partial charge in [-0.25, -0.2) is 0 Å². The molecule has 5 heteroatoms. The van der Waals surface area contributed by atoms with Crippen LogP contribution in [0.2, 0.25) is 10.0 Å². The molecule has 1 N–H and O–H groups in total. The van der Waals surface area contributed by atoms with Crippen LogP contribution in [0.15, 0.2) is 18.2 Å². The summed E-state index contributed by atoms with van der Waals surface area (Å²) in [6, 6.07) is 4.04. The molecule has 0 heterocycles. The van der Waals surface area contributed by atoms with E-state index < -0.39 is 6.04 Å². The molecule has 0 bridgehead atoms. The number of rotatable bonds is 4. The Balaban J connectivity index is 2.79. The predicted octanol–water partition coefficient (Wildman–Crippen LogP) is 3.09. The minimum atomic E-state index is -0.509. The zero-order chi connectivity index (χ0) is 13.0. The highest BCUT2D eigenvalue weighted by Crippen LogP contribution is 2.19. The molecule has 0 saturated heterocycles. The van der Waals surface area contributed by atoms with Crippen molar-refractivity contribution < 1.29 is 9.59 Å². The SMILES string of the molecule is CCC(=O)C(C)NC(=O)c1cc(Cl)cc(Cl)c1. The third kappa shape index (κ3) is 4.02. The fourth-order valence-corrected chi connectivity index (χ4v) is 1.88. The van der Waals surface area contributed by atoms with Crippen LogP contribution >= 0.6 is 23.2 Å². The van der Waals surface area contributed by atoms with E-state index in [-0.39, 0.29) is 11.7 Å². The quantitative estimate of drug-likeness (QED) is 0.917. The monoisotopic (exact) mass is 273 g/mol. The van der Waals surface area contributed by atoms with E-state index in [1.165, 1.54) is 12.1 Å². The summed E-state index contributed by atoms with van der Waals surface area (Å²) in [5, 5.41) is 3.37. The Bertz CT molecular complexity index is 426. The maximum absolute atomic E-state index is 11.8. The van der Waals surface area contributed by atoms with Gasteiger partial charge in [0.1, 0.15) is 0 Å². The number of carbonyl (C=O) groups excluding carboxylic acids is 2. The second-order valence-corrected chi connectivity index (χ2v) is 4.55. The van der Waals surface area contributed by atoms with Gasteiger partial charge < -0.3 is 5.32 Å². The largest absolute Gasteiger partial charge is 0.343 e. The van der Waals surface area contributed by atoms with Crippen molar-refractivity contribution in [1.82, 2.24) is 5.32 Å². The Labute approximate surface area is 110 Å². The van der Waals surface area contributed by atoms with Gasteiger partial charge in [0, 0.05) is 22.0 Å². The fraction of sp³-hybridized carbons (Fsp3) is 0.333. The molecule has 1 aromatic carbocycles. The van der Waals surface area contributed by atoms with Crippen molar-refractivity contribution in [3.63, 3.8) is 0 Å². The lowest BCUT2D eigenvalue weighted by atomic mass is 10.1. The molecule has 0 saturated carbocycles. The van der Waals surface area contributed by atoms with Gasteiger partial charge in [0.25, 0.3) is 5.91 Å². The number of ketones is 1. The Morgan fingerprint density at radius 1 is 1.24 bits per heavy atom. The second kappa shape index (κ2) is 6.03. The lowest BCUT2D eigenvalue weighted by molar-refractivity contribution is -0.120. The molecular weight excluding hydrogens is 261 g/mol. The standard InChI is InChI=1S/C12H13Cl2NO2/c1-3-11(16)7(2)15-12(17)8-4-9(13)6-10(14)5-8/h4-7H,3H2,1-2H3,(H,15,17). The summed E-state index contributed by atoms with van der Waals surface area (Å²) >= 11 is 11.6. The van der Waals surface area contributed by atoms with E-state index in [1.807, 2.05) is 0 Å². The van der Waals surface area contributed by atoms with Crippen LogP contribution in [0, 0.1) is 0 Å². The Kier molecular flexibility index (Phi) is 4.97. The molecule has 1 rings (SSSR count). The molecule has 1 atom stereocenters. The zero-order valence-electron chi connectivity index (χ0n) is 9.59. The Morgan fingerprint density at radius 2 is 1.76 bits per heavy atom. The minimum absolute atomic E-state index is 0.0218. The van der Waals surface area contributed by atoms with Crippen molar-refractivity contribution in [3.8, 4) is 0 Å². The van der Waals surface area contributed by atoms with Gasteiger partial charge in [-0.05, 0) is 25.1 Å². The predicted molar refractivity (Wildman–Crippen MR) is 68.7 cm³/mol. The van der Waals surface area contributed by atoms with Crippen molar-refractivity contribution >= 4 is 34.9 Å². The molecular formula is C12H13Cl2NO2. The summed E-state index contributed by atoms with van der Waals surface area (Å²) in [5.41, 5.74) is 0.346. The first-order chi connectivity index (χ1) is 7.93. The van der Waals surface area contributed by atoms with E-state index in [2.05, 4.69) is 5.32 Å². The van der Waals surface area contributed by atoms with Crippen LogP contribution in [0.4, 0.5) is 0 Å². The number of benzene rings is 1. The summed E-state index contributed by atoms with van der Waals surface area (Å²) in [5.74, 6) is -0.379. The first kappa shape index (κ1) is 14.0. The third-order valence-electron chi connectivity index (χ3n) is 2.30. The molecule has 17 heavy (non-hydrogen) atoms. The summed E-state index contributed by atoms with van der Waals surface area (Å²) in [7, 11) is 0. The van der Waals surface area contributed by atoms with Gasteiger partial charge in [-0.2, -0.15) is 0 Å². The van der Waals surface area contributed by atoms with E-state index in [9.17, 15) is 9.59 Å². The van der Waals surface area contributed by atoms with Crippen molar-refractivity contribution in [3.05, 3.63) is 33.8 Å². The number of amides is 1. The third-order valence-corrected chi connectivity index (χ3v) is 2.74. The number of nitrogens with one attached hydrogen (secondary N) is 1. The van der Waals surface area contributed by atoms with Gasteiger partial charge in [-0.15, -0.1) is 0 Å². The fourth-order valence-electron chi connectivity index (χ4n) is 1.35. The van der Waals surface area contributed by atoms with Crippen LogP contribution in [0.25, 0.3) is 0 Å². The summed E-state index contributed by atoms with van der Waals surface area (Å²) in [4.78, 5) is 23.1. The van der Waals surface area contributed by atoms with E-state index in [0.29, 0.717) is 22.0 Å². The summed E-state index contributed by atoms with van der Waals surface area (Å²) < 4.78 is 0. The Hall–Kier alpha value is -1.06. The number of hydrogen-bond donors (Lipinski definition) is 1. The van der Waals surface area contributed by atoms with E-state index in [4.69, 9.17) is 23.2 Å². The van der Waals surface area contributed by atoms with E-state index >= 15 is 0 Å². The van der Waals surface area contributed by atoms with Crippen LogP contribution in [-0.4, -0.2) is 17.7 Å². The number of halogens is 2. The second-order valence-electron chi connectivity index (χ2n) is 3.67. The maximum Gasteiger partial charge on any atom is 0.251 e. The smallest absolute Gasteiger partial charge is 0.251 e. The van der Waals surface area contributed by atoms with Crippen LogP contribution in [0.3, 0.4) is 0 Å². The average molecular weight is 274 g/mol. The van der Waals surface area contributed by atoms with Gasteiger partial charge in [0.15, 0.2) is 5.78 Å². The van der Waals surface area contributed by atoms with Crippen LogP contribution < -0.4 is 5.32 Å². The number of carbonyl (C=O) groups is 2. The summed E-state index contributed by atoms with van der Waals surface area (Å²) in [6.45, 7) is 3.40. The van der Waals surface area contributed by atoms with Gasteiger partial charge in [-0.3, -0.25) is 9.59 Å². The first-order valence-corrected chi connectivity index (χ1v) is 5.99. The highest BCUT2D eigenvalue weighted by Gasteiger charge is 2.15. The molecule has 92 valence electrons. The Morgan fingerprint density at radius 3 is 2.24 bits per heavy atom. The molecule has 1 aromatic rings. The van der Waals surface area contributed by atoms with Gasteiger partial charge in [-0.1, -0.05) is 30.1 Å². The molecule has 0 aliphatic rings. The lowest BCUT2D eigenvalue weighted by Crippen LogP contribution is -2.38. The molecule has 0 aliphatic heterocycles. The molecule has 3 nitrogen and oxygen atoms in total. The molecule has 0 aromatic heterocycles. The molecule has 1 amide bonds. The molecule has 0 radical (unpaired) electrons. The number of Topliss-reactive ketones (excluding diaryl/α,β-unsaturated/α-hetero) is 1. The maximum atomic E-state index is 11.8. The van der Waals surface area contributed by atoms with Crippen molar-refractivity contribution in [2.45, 2.75) is 26.3 Å². The highest BCUT2D eigenvalue weighted by atomic mass is 35.5. The normalized spacial score (nSPS) is 12.0. The minimum Gasteiger partial charge on any atom is -0.343 e. The van der Waals surface area contributed by atoms with Gasteiger partial charge in [0.05, 0.1) is 6.04 Å². The van der Waals surface area contributed by atoms with Crippen LogP contribution in [-0.2, 0) is 4.79 Å². The van der Waals surface area contributed by atoms with Crippen molar-refractivity contribution in [2.24, 2.45) is 0 Å². The number of hydrogen-bond acceptors (Lipinski definition) is 2. The first-order valence-electron chi connectivity index (χ1n) is 5.23. The molecule has 0 fully saturated rings. The molecule has 0 spiro atoms. The van der Waals surface area contributed by atoms with E-state index in [0.717, 1.165) is 0 Å². The van der Waals surface area contributed by atoms with Gasteiger partial charge >= 0.3 is 0 Å². The average Bonchev–Trinajstić information content (AvgIpc) is 2.26. The van der Waals surface area contributed by atoms with Crippen LogP contribution in [0.5, 0.6) is 0 Å². The highest BCUT2D eigenvalue weighted by molar-refractivity contribution is 6.35. The topological polar surface area (TPSA) is 46.2 Å². The molecule has 1 unspecified atom stereocenters. The lowest BCUT2D eigenvalue weighted by Gasteiger charge is -2.12. The molecule has 0 aliphatic carbocycles. The van der Waals surface area contributed by atoms with Gasteiger partial charge in [0.2, 0.25) is 0 Å². The van der Waals surface area contributed by atoms with Crippen LogP contribution in [0.1, 0.15) is 30.6 Å².